The Morgan fingerprint density at radius 3 is 2.32 bits per heavy atom. The number of benzene rings is 1. The molecule has 0 saturated heterocycles. The highest BCUT2D eigenvalue weighted by Gasteiger charge is 2.26. The molecule has 0 aliphatic rings. The van der Waals surface area contributed by atoms with Crippen molar-refractivity contribution in [2.45, 2.75) is 31.5 Å². The summed E-state index contributed by atoms with van der Waals surface area (Å²) < 4.78 is 30.9. The third kappa shape index (κ3) is 3.97. The summed E-state index contributed by atoms with van der Waals surface area (Å²) in [6, 6.07) is 9.55. The molecule has 2 aromatic heterocycles. The van der Waals surface area contributed by atoms with Gasteiger partial charge in [-0.3, -0.25) is 9.36 Å². The van der Waals surface area contributed by atoms with Crippen LogP contribution in [0.2, 0.25) is 0 Å². The van der Waals surface area contributed by atoms with Gasteiger partial charge in [-0.15, -0.1) is 0 Å². The van der Waals surface area contributed by atoms with Gasteiger partial charge in [-0.2, -0.15) is 14.5 Å². The van der Waals surface area contributed by atoms with Gasteiger partial charge >= 0.3 is 0 Å². The van der Waals surface area contributed by atoms with Crippen LogP contribution >= 0.6 is 0 Å². The highest BCUT2D eigenvalue weighted by atomic mass is 32.2. The summed E-state index contributed by atoms with van der Waals surface area (Å²) in [5.41, 5.74) is 1.78. The van der Waals surface area contributed by atoms with E-state index in [0.717, 1.165) is 17.7 Å². The van der Waals surface area contributed by atoms with Crippen molar-refractivity contribution in [2.75, 3.05) is 0 Å². The second kappa shape index (κ2) is 7.20. The van der Waals surface area contributed by atoms with Gasteiger partial charge in [0.2, 0.25) is 10.0 Å². The molecule has 0 radical (unpaired) electrons. The number of sulfonamides is 1. The molecular formula is C17H21N5O2S. The maximum atomic E-state index is 13.1. The third-order valence-electron chi connectivity index (χ3n) is 3.89. The fraction of sp³-hybridized carbons (Fsp3) is 0.294. The smallest absolute Gasteiger partial charge is 0.246 e. The highest BCUT2D eigenvalue weighted by molar-refractivity contribution is 7.89. The van der Waals surface area contributed by atoms with Crippen LogP contribution in [0.15, 0.2) is 60.0 Å². The molecule has 8 heteroatoms. The van der Waals surface area contributed by atoms with Crippen LogP contribution in [0.4, 0.5) is 0 Å². The number of hydrogen-bond acceptors (Lipinski definition) is 4. The summed E-state index contributed by atoms with van der Waals surface area (Å²) in [6.07, 6.45) is 6.47. The number of hydrogen-bond donors (Lipinski definition) is 0. The molecule has 0 atom stereocenters. The lowest BCUT2D eigenvalue weighted by Crippen LogP contribution is -2.30. The first-order chi connectivity index (χ1) is 12.0. The average Bonchev–Trinajstić information content (AvgIpc) is 3.24. The Labute approximate surface area is 147 Å². The summed E-state index contributed by atoms with van der Waals surface area (Å²) in [6.45, 7) is 3.28. The zero-order valence-corrected chi connectivity index (χ0v) is 15.1. The lowest BCUT2D eigenvalue weighted by Gasteiger charge is -2.21. The van der Waals surface area contributed by atoms with E-state index in [2.05, 4.69) is 10.2 Å². The number of rotatable bonds is 7. The molecule has 0 fully saturated rings. The van der Waals surface area contributed by atoms with Gasteiger partial charge in [0.05, 0.1) is 12.4 Å². The number of aromatic nitrogens is 4. The molecule has 2 heterocycles. The minimum atomic E-state index is -3.66. The molecule has 0 unspecified atom stereocenters. The van der Waals surface area contributed by atoms with Gasteiger partial charge in [-0.05, 0) is 12.5 Å². The number of aryl methyl sites for hydroxylation is 2. The van der Waals surface area contributed by atoms with E-state index < -0.39 is 10.0 Å². The normalized spacial score (nSPS) is 12.0. The molecule has 0 saturated carbocycles. The SMILES string of the molecule is CCn1cc(CN(Cc2ccccc2)S(=O)(=O)c2cnn(C)c2)cn1. The maximum absolute atomic E-state index is 13.1. The van der Waals surface area contributed by atoms with Crippen molar-refractivity contribution in [3.63, 3.8) is 0 Å². The van der Waals surface area contributed by atoms with E-state index in [1.807, 2.05) is 43.5 Å². The fourth-order valence-corrected chi connectivity index (χ4v) is 3.96. The fourth-order valence-electron chi connectivity index (χ4n) is 2.56. The molecule has 0 aliphatic heterocycles. The van der Waals surface area contributed by atoms with E-state index in [9.17, 15) is 8.42 Å². The predicted molar refractivity (Wildman–Crippen MR) is 94.0 cm³/mol. The lowest BCUT2D eigenvalue weighted by molar-refractivity contribution is 0.401. The van der Waals surface area contributed by atoms with Crippen LogP contribution in [-0.4, -0.2) is 32.3 Å². The van der Waals surface area contributed by atoms with Crippen LogP contribution in [-0.2, 0) is 36.7 Å². The monoisotopic (exact) mass is 359 g/mol. The Morgan fingerprint density at radius 1 is 1.00 bits per heavy atom. The Morgan fingerprint density at radius 2 is 1.72 bits per heavy atom. The Hall–Kier alpha value is -2.45. The van der Waals surface area contributed by atoms with Crippen LogP contribution in [0.5, 0.6) is 0 Å². The lowest BCUT2D eigenvalue weighted by atomic mass is 10.2. The molecule has 1 aromatic carbocycles. The van der Waals surface area contributed by atoms with Crippen molar-refractivity contribution >= 4 is 10.0 Å². The van der Waals surface area contributed by atoms with Crippen LogP contribution in [0.1, 0.15) is 18.1 Å². The molecular weight excluding hydrogens is 338 g/mol. The van der Waals surface area contributed by atoms with Gasteiger partial charge in [0.25, 0.3) is 0 Å². The Bertz CT molecular complexity index is 931. The molecule has 3 aromatic rings. The van der Waals surface area contributed by atoms with Crippen molar-refractivity contribution < 1.29 is 8.42 Å². The van der Waals surface area contributed by atoms with Crippen LogP contribution < -0.4 is 0 Å². The van der Waals surface area contributed by atoms with E-state index in [-0.39, 0.29) is 18.0 Å². The summed E-state index contributed by atoms with van der Waals surface area (Å²) in [5.74, 6) is 0. The van der Waals surface area contributed by atoms with Gasteiger partial charge < -0.3 is 0 Å². The largest absolute Gasteiger partial charge is 0.274 e. The van der Waals surface area contributed by atoms with Gasteiger partial charge in [0, 0.05) is 44.6 Å². The van der Waals surface area contributed by atoms with Gasteiger partial charge in [0.1, 0.15) is 4.90 Å². The van der Waals surface area contributed by atoms with Gasteiger partial charge in [0.15, 0.2) is 0 Å². The predicted octanol–water partition coefficient (Wildman–Crippen LogP) is 2.03. The topological polar surface area (TPSA) is 73.0 Å². The Kier molecular flexibility index (Phi) is 5.00. The average molecular weight is 359 g/mol. The van der Waals surface area contributed by atoms with Crippen molar-refractivity contribution in [3.05, 3.63) is 66.2 Å². The number of nitrogens with zero attached hydrogens (tertiary/aromatic N) is 5. The van der Waals surface area contributed by atoms with E-state index in [1.165, 1.54) is 21.4 Å². The molecule has 0 spiro atoms. The third-order valence-corrected chi connectivity index (χ3v) is 5.63. The summed E-state index contributed by atoms with van der Waals surface area (Å²) in [5, 5.41) is 8.22. The first-order valence-electron chi connectivity index (χ1n) is 8.03. The molecule has 0 amide bonds. The van der Waals surface area contributed by atoms with Crippen LogP contribution in [0.3, 0.4) is 0 Å². The summed E-state index contributed by atoms with van der Waals surface area (Å²) in [4.78, 5) is 0.189. The molecule has 0 N–H and O–H groups in total. The van der Waals surface area contributed by atoms with Crippen molar-refractivity contribution in [3.8, 4) is 0 Å². The maximum Gasteiger partial charge on any atom is 0.246 e. The standard InChI is InChI=1S/C17H21N5O2S/c1-3-21-11-16(9-19-21)13-22(12-15-7-5-4-6-8-15)25(23,24)17-10-18-20(2)14-17/h4-11,14H,3,12-13H2,1-2H3. The highest BCUT2D eigenvalue weighted by Crippen LogP contribution is 2.20. The minimum absolute atomic E-state index is 0.189. The first-order valence-corrected chi connectivity index (χ1v) is 9.47. The van der Waals surface area contributed by atoms with E-state index >= 15 is 0 Å². The van der Waals surface area contributed by atoms with Gasteiger partial charge in [-0.1, -0.05) is 30.3 Å². The van der Waals surface area contributed by atoms with E-state index in [0.29, 0.717) is 0 Å². The van der Waals surface area contributed by atoms with Gasteiger partial charge in [-0.25, -0.2) is 8.42 Å². The Balaban J connectivity index is 1.93. The van der Waals surface area contributed by atoms with E-state index in [4.69, 9.17) is 0 Å². The molecule has 3 rings (SSSR count). The van der Waals surface area contributed by atoms with Crippen molar-refractivity contribution in [1.82, 2.24) is 23.9 Å². The molecule has 0 bridgehead atoms. The molecule has 7 nitrogen and oxygen atoms in total. The zero-order chi connectivity index (χ0) is 17.9. The molecule has 25 heavy (non-hydrogen) atoms. The summed E-state index contributed by atoms with van der Waals surface area (Å²) in [7, 11) is -1.96. The quantitative estimate of drug-likeness (QED) is 0.647. The first kappa shape index (κ1) is 17.4. The summed E-state index contributed by atoms with van der Waals surface area (Å²) >= 11 is 0. The molecule has 0 aliphatic carbocycles. The second-order valence-corrected chi connectivity index (χ2v) is 7.75. The molecule has 132 valence electrons. The van der Waals surface area contributed by atoms with Crippen molar-refractivity contribution in [1.29, 1.82) is 0 Å². The van der Waals surface area contributed by atoms with E-state index in [1.54, 1.807) is 17.9 Å². The van der Waals surface area contributed by atoms with Crippen LogP contribution in [0.25, 0.3) is 0 Å². The minimum Gasteiger partial charge on any atom is -0.274 e. The second-order valence-electron chi connectivity index (χ2n) is 5.81. The van der Waals surface area contributed by atoms with Crippen LogP contribution in [0, 0.1) is 0 Å². The zero-order valence-electron chi connectivity index (χ0n) is 14.3. The van der Waals surface area contributed by atoms with Crippen molar-refractivity contribution in [2.24, 2.45) is 7.05 Å².